The summed E-state index contributed by atoms with van der Waals surface area (Å²) in [7, 11) is 1.32. The molecule has 1 aromatic carbocycles. The molecule has 0 aliphatic carbocycles. The van der Waals surface area contributed by atoms with Crippen LogP contribution >= 0.6 is 0 Å². The van der Waals surface area contributed by atoms with Crippen LogP contribution in [-0.4, -0.2) is 25.1 Å². The molecule has 0 bridgehead atoms. The van der Waals surface area contributed by atoms with E-state index in [1.165, 1.54) is 7.11 Å². The van der Waals surface area contributed by atoms with Gasteiger partial charge in [-0.05, 0) is 31.5 Å². The third kappa shape index (κ3) is 4.76. The molecule has 0 saturated carbocycles. The number of carbonyl (C=O) groups excluding carboxylic acids is 2. The third-order valence-electron chi connectivity index (χ3n) is 3.23. The monoisotopic (exact) mass is 307 g/mol. The van der Waals surface area contributed by atoms with E-state index < -0.39 is 11.4 Å². The Balaban J connectivity index is 3.09. The number of rotatable bonds is 5. The first kappa shape index (κ1) is 18.0. The zero-order valence-corrected chi connectivity index (χ0v) is 14.1. The predicted molar refractivity (Wildman–Crippen MR) is 86.2 cm³/mol. The number of hydrogen-bond donors (Lipinski definition) is 1. The topological polar surface area (TPSA) is 64.6 Å². The van der Waals surface area contributed by atoms with Gasteiger partial charge in [0.1, 0.15) is 11.3 Å². The van der Waals surface area contributed by atoms with Gasteiger partial charge in [-0.25, -0.2) is 4.79 Å². The van der Waals surface area contributed by atoms with Gasteiger partial charge in [-0.1, -0.05) is 27.7 Å². The summed E-state index contributed by atoms with van der Waals surface area (Å²) in [6.07, 6.45) is 0.807. The second-order valence-corrected chi connectivity index (χ2v) is 6.24. The quantitative estimate of drug-likeness (QED) is 0.844. The summed E-state index contributed by atoms with van der Waals surface area (Å²) < 4.78 is 10.5. The molecule has 122 valence electrons. The van der Waals surface area contributed by atoms with Crippen LogP contribution in [0.25, 0.3) is 0 Å². The summed E-state index contributed by atoms with van der Waals surface area (Å²) in [5.74, 6) is -0.168. The number of hydrogen-bond acceptors (Lipinski definition) is 4. The van der Waals surface area contributed by atoms with E-state index in [0.717, 1.165) is 6.42 Å². The van der Waals surface area contributed by atoms with Gasteiger partial charge in [0.05, 0.1) is 13.2 Å². The largest absolute Gasteiger partial charge is 0.490 e. The van der Waals surface area contributed by atoms with Gasteiger partial charge in [-0.15, -0.1) is 0 Å². The van der Waals surface area contributed by atoms with Crippen molar-refractivity contribution in [2.75, 3.05) is 12.4 Å². The van der Waals surface area contributed by atoms with Crippen molar-refractivity contribution in [2.24, 2.45) is 5.41 Å². The molecule has 0 aliphatic heterocycles. The Kier molecular flexibility index (Phi) is 5.97. The van der Waals surface area contributed by atoms with Gasteiger partial charge < -0.3 is 14.8 Å². The minimum atomic E-state index is -0.517. The van der Waals surface area contributed by atoms with Crippen LogP contribution in [0.15, 0.2) is 18.2 Å². The SMILES string of the molecule is CCC(C)Oc1ccc(NC(=O)C(C)(C)C)cc1C(=O)OC. The molecule has 1 amide bonds. The molecule has 1 aromatic rings. The van der Waals surface area contributed by atoms with E-state index in [4.69, 9.17) is 9.47 Å². The molecule has 5 heteroatoms. The minimum absolute atomic E-state index is 0.0153. The first-order chi connectivity index (χ1) is 10.2. The van der Waals surface area contributed by atoms with Crippen molar-refractivity contribution < 1.29 is 19.1 Å². The molecule has 1 atom stereocenters. The van der Waals surface area contributed by atoms with Crippen molar-refractivity contribution in [1.29, 1.82) is 0 Å². The number of methoxy groups -OCH3 is 1. The van der Waals surface area contributed by atoms with Gasteiger partial charge in [-0.2, -0.15) is 0 Å². The Labute approximate surface area is 132 Å². The lowest BCUT2D eigenvalue weighted by Gasteiger charge is -2.19. The summed E-state index contributed by atoms with van der Waals surface area (Å²) in [6.45, 7) is 9.40. The average molecular weight is 307 g/mol. The molecule has 0 radical (unpaired) electrons. The fraction of sp³-hybridized carbons (Fsp3) is 0.529. The first-order valence-corrected chi connectivity index (χ1v) is 7.39. The summed E-state index contributed by atoms with van der Waals surface area (Å²) >= 11 is 0. The van der Waals surface area contributed by atoms with Crippen molar-refractivity contribution in [1.82, 2.24) is 0 Å². The Hall–Kier alpha value is -2.04. The lowest BCUT2D eigenvalue weighted by Crippen LogP contribution is -2.27. The summed E-state index contributed by atoms with van der Waals surface area (Å²) in [5, 5.41) is 2.79. The van der Waals surface area contributed by atoms with Gasteiger partial charge in [-0.3, -0.25) is 4.79 Å². The van der Waals surface area contributed by atoms with E-state index >= 15 is 0 Å². The highest BCUT2D eigenvalue weighted by atomic mass is 16.5. The minimum Gasteiger partial charge on any atom is -0.490 e. The van der Waals surface area contributed by atoms with Gasteiger partial charge >= 0.3 is 5.97 Å². The van der Waals surface area contributed by atoms with E-state index in [0.29, 0.717) is 17.0 Å². The van der Waals surface area contributed by atoms with E-state index in [2.05, 4.69) is 5.32 Å². The number of esters is 1. The zero-order valence-electron chi connectivity index (χ0n) is 14.1. The molecule has 5 nitrogen and oxygen atoms in total. The van der Waals surface area contributed by atoms with Gasteiger partial charge in [0.15, 0.2) is 0 Å². The Morgan fingerprint density at radius 1 is 1.27 bits per heavy atom. The second kappa shape index (κ2) is 7.29. The molecule has 0 aromatic heterocycles. The van der Waals surface area contributed by atoms with Gasteiger partial charge in [0, 0.05) is 11.1 Å². The van der Waals surface area contributed by atoms with Crippen LogP contribution in [0.4, 0.5) is 5.69 Å². The number of ether oxygens (including phenoxy) is 2. The fourth-order valence-corrected chi connectivity index (χ4v) is 1.60. The molecule has 1 N–H and O–H groups in total. The molecule has 0 spiro atoms. The molecular weight excluding hydrogens is 282 g/mol. The Bertz CT molecular complexity index is 546. The van der Waals surface area contributed by atoms with E-state index in [1.54, 1.807) is 18.2 Å². The summed E-state index contributed by atoms with van der Waals surface area (Å²) in [6, 6.07) is 4.97. The molecule has 0 fully saturated rings. The van der Waals surface area contributed by atoms with E-state index in [9.17, 15) is 9.59 Å². The molecule has 22 heavy (non-hydrogen) atoms. The molecular formula is C17H25NO4. The number of amides is 1. The zero-order chi connectivity index (χ0) is 16.9. The summed E-state index contributed by atoms with van der Waals surface area (Å²) in [4.78, 5) is 24.0. The van der Waals surface area contributed by atoms with Crippen molar-refractivity contribution in [3.8, 4) is 5.75 Å². The van der Waals surface area contributed by atoms with E-state index in [1.807, 2.05) is 34.6 Å². The standard InChI is InChI=1S/C17H25NO4/c1-7-11(2)22-14-9-8-12(10-13(14)15(19)21-6)18-16(20)17(3,4)5/h8-11H,7H2,1-6H3,(H,18,20). The van der Waals surface area contributed by atoms with Crippen molar-refractivity contribution in [3.63, 3.8) is 0 Å². The fourth-order valence-electron chi connectivity index (χ4n) is 1.60. The Morgan fingerprint density at radius 3 is 2.41 bits per heavy atom. The number of benzene rings is 1. The van der Waals surface area contributed by atoms with Crippen LogP contribution in [0.5, 0.6) is 5.75 Å². The highest BCUT2D eigenvalue weighted by Gasteiger charge is 2.22. The molecule has 0 aliphatic rings. The van der Waals surface area contributed by atoms with Gasteiger partial charge in [0.25, 0.3) is 0 Å². The lowest BCUT2D eigenvalue weighted by molar-refractivity contribution is -0.123. The van der Waals surface area contributed by atoms with Crippen LogP contribution in [0.1, 0.15) is 51.4 Å². The van der Waals surface area contributed by atoms with Crippen LogP contribution in [0.2, 0.25) is 0 Å². The molecule has 1 unspecified atom stereocenters. The number of anilines is 1. The maximum absolute atomic E-state index is 12.0. The highest BCUT2D eigenvalue weighted by molar-refractivity contribution is 5.98. The lowest BCUT2D eigenvalue weighted by atomic mass is 9.95. The average Bonchev–Trinajstić information content (AvgIpc) is 2.46. The van der Waals surface area contributed by atoms with Crippen LogP contribution in [-0.2, 0) is 9.53 Å². The third-order valence-corrected chi connectivity index (χ3v) is 3.23. The number of carbonyl (C=O) groups is 2. The van der Waals surface area contributed by atoms with Crippen LogP contribution in [0, 0.1) is 5.41 Å². The maximum atomic E-state index is 12.0. The predicted octanol–water partition coefficient (Wildman–Crippen LogP) is 3.64. The van der Waals surface area contributed by atoms with Crippen LogP contribution < -0.4 is 10.1 Å². The van der Waals surface area contributed by atoms with Crippen molar-refractivity contribution in [3.05, 3.63) is 23.8 Å². The number of nitrogens with one attached hydrogen (secondary N) is 1. The molecule has 1 rings (SSSR count). The second-order valence-electron chi connectivity index (χ2n) is 6.24. The smallest absolute Gasteiger partial charge is 0.341 e. The Morgan fingerprint density at radius 2 is 1.91 bits per heavy atom. The van der Waals surface area contributed by atoms with Crippen LogP contribution in [0.3, 0.4) is 0 Å². The van der Waals surface area contributed by atoms with Gasteiger partial charge in [0.2, 0.25) is 5.91 Å². The molecule has 0 heterocycles. The highest BCUT2D eigenvalue weighted by Crippen LogP contribution is 2.26. The maximum Gasteiger partial charge on any atom is 0.341 e. The normalized spacial score (nSPS) is 12.5. The first-order valence-electron chi connectivity index (χ1n) is 7.39. The van der Waals surface area contributed by atoms with E-state index in [-0.39, 0.29) is 12.0 Å². The molecule has 0 saturated heterocycles. The van der Waals surface area contributed by atoms with Crippen molar-refractivity contribution in [2.45, 2.75) is 47.1 Å². The van der Waals surface area contributed by atoms with Crippen molar-refractivity contribution >= 4 is 17.6 Å². The summed E-state index contributed by atoms with van der Waals surface area (Å²) in [5.41, 5.74) is 0.323.